The number of pyridine rings is 1. The monoisotopic (exact) mass is 364 g/mol. The molecule has 2 aromatic heterocycles. The summed E-state index contributed by atoms with van der Waals surface area (Å²) in [5.41, 5.74) is 1.54. The lowest BCUT2D eigenvalue weighted by Gasteiger charge is -2.13. The van der Waals surface area contributed by atoms with Gasteiger partial charge in [0, 0.05) is 18.6 Å². The van der Waals surface area contributed by atoms with Gasteiger partial charge in [-0.15, -0.1) is 0 Å². The second-order valence-electron chi connectivity index (χ2n) is 5.57. The number of anilines is 1. The zero-order chi connectivity index (χ0) is 19.1. The Morgan fingerprint density at radius 1 is 1.22 bits per heavy atom. The van der Waals surface area contributed by atoms with Crippen molar-refractivity contribution in [2.75, 3.05) is 19.0 Å². The molecule has 0 fully saturated rings. The topological polar surface area (TPSA) is 78.3 Å². The van der Waals surface area contributed by atoms with Gasteiger partial charge in [0.25, 0.3) is 5.91 Å². The van der Waals surface area contributed by atoms with E-state index in [9.17, 15) is 4.79 Å². The third kappa shape index (κ3) is 4.52. The molecule has 138 valence electrons. The van der Waals surface area contributed by atoms with Crippen LogP contribution in [0.5, 0.6) is 11.5 Å². The third-order valence-electron chi connectivity index (χ3n) is 3.69. The fourth-order valence-corrected chi connectivity index (χ4v) is 2.50. The van der Waals surface area contributed by atoms with Gasteiger partial charge in [-0.25, -0.2) is 9.67 Å². The number of nitrogens with zero attached hydrogens (tertiary/aromatic N) is 3. The number of carbonyl (C=O) groups is 1. The number of carbonyl (C=O) groups excluding carboxylic acids is 1. The van der Waals surface area contributed by atoms with Crippen LogP contribution in [0.25, 0.3) is 11.9 Å². The molecule has 0 bridgehead atoms. The molecule has 27 heavy (non-hydrogen) atoms. The summed E-state index contributed by atoms with van der Waals surface area (Å²) in [6.07, 6.45) is 8.94. The number of hydrogen-bond acceptors (Lipinski definition) is 5. The van der Waals surface area contributed by atoms with Gasteiger partial charge < -0.3 is 14.8 Å². The molecular formula is C20H20N4O3. The van der Waals surface area contributed by atoms with Gasteiger partial charge >= 0.3 is 0 Å². The van der Waals surface area contributed by atoms with Crippen LogP contribution >= 0.6 is 0 Å². The molecule has 0 unspecified atom stereocenters. The first-order chi connectivity index (χ1) is 13.2. The fraction of sp³-hybridized carbons (Fsp3) is 0.150. The quantitative estimate of drug-likeness (QED) is 0.696. The average Bonchev–Trinajstić information content (AvgIpc) is 3.22. The number of aromatic nitrogens is 3. The second kappa shape index (κ2) is 8.66. The van der Waals surface area contributed by atoms with Crippen molar-refractivity contribution < 1.29 is 14.3 Å². The van der Waals surface area contributed by atoms with Crippen molar-refractivity contribution in [1.29, 1.82) is 0 Å². The maximum Gasteiger partial charge on any atom is 0.262 e. The maximum absolute atomic E-state index is 12.3. The summed E-state index contributed by atoms with van der Waals surface area (Å²) in [6, 6.07) is 10.8. The molecular weight excluding hydrogens is 344 g/mol. The van der Waals surface area contributed by atoms with Gasteiger partial charge in [0.2, 0.25) is 0 Å². The van der Waals surface area contributed by atoms with E-state index in [1.165, 1.54) is 0 Å². The molecule has 0 radical (unpaired) electrons. The lowest BCUT2D eigenvalue weighted by atomic mass is 10.2. The highest BCUT2D eigenvalue weighted by molar-refractivity contribution is 5.93. The summed E-state index contributed by atoms with van der Waals surface area (Å²) in [6.45, 7) is 1.78. The molecule has 7 heteroatoms. The highest BCUT2D eigenvalue weighted by Gasteiger charge is 2.12. The van der Waals surface area contributed by atoms with E-state index >= 15 is 0 Å². The number of amides is 1. The van der Waals surface area contributed by atoms with Crippen LogP contribution in [0.15, 0.2) is 61.1 Å². The summed E-state index contributed by atoms with van der Waals surface area (Å²) in [5, 5.41) is 6.94. The minimum Gasteiger partial charge on any atom is -0.493 e. The maximum atomic E-state index is 12.3. The lowest BCUT2D eigenvalue weighted by molar-refractivity contribution is -0.118. The smallest absolute Gasteiger partial charge is 0.262 e. The van der Waals surface area contributed by atoms with E-state index < -0.39 is 0 Å². The molecule has 7 nitrogen and oxygen atoms in total. The highest BCUT2D eigenvalue weighted by Crippen LogP contribution is 2.28. The Morgan fingerprint density at radius 2 is 2.11 bits per heavy atom. The summed E-state index contributed by atoms with van der Waals surface area (Å²) in [7, 11) is 1.56. The van der Waals surface area contributed by atoms with Crippen molar-refractivity contribution in [3.63, 3.8) is 0 Å². The zero-order valence-electron chi connectivity index (χ0n) is 15.1. The number of rotatable bonds is 7. The normalized spacial score (nSPS) is 10.7. The van der Waals surface area contributed by atoms with Gasteiger partial charge in [0.15, 0.2) is 23.9 Å². The fourth-order valence-electron chi connectivity index (χ4n) is 2.50. The average molecular weight is 364 g/mol. The zero-order valence-corrected chi connectivity index (χ0v) is 15.1. The summed E-state index contributed by atoms with van der Waals surface area (Å²) < 4.78 is 12.5. The van der Waals surface area contributed by atoms with Gasteiger partial charge in [0.05, 0.1) is 12.8 Å². The number of ether oxygens (including phenoxy) is 2. The van der Waals surface area contributed by atoms with Crippen LogP contribution in [0.3, 0.4) is 0 Å². The minimum atomic E-state index is -0.309. The lowest BCUT2D eigenvalue weighted by Crippen LogP contribution is -2.21. The standard InChI is InChI=1S/C20H20N4O3/c1-3-6-15-8-9-17(18(13-15)26-2)27-14-19(25)23-16-7-4-10-21-20(16)24-12-5-11-22-24/h3-13H,14H2,1-2H3,(H,23,25)/b6-3+. The molecule has 2 heterocycles. The Bertz CT molecular complexity index is 936. The van der Waals surface area contributed by atoms with Crippen molar-refractivity contribution >= 4 is 17.7 Å². The Labute approximate surface area is 157 Å². The van der Waals surface area contributed by atoms with Crippen LogP contribution in [-0.2, 0) is 4.79 Å². The summed E-state index contributed by atoms with van der Waals surface area (Å²) in [4.78, 5) is 16.6. The number of methoxy groups -OCH3 is 1. The van der Waals surface area contributed by atoms with Crippen molar-refractivity contribution in [3.8, 4) is 17.3 Å². The van der Waals surface area contributed by atoms with Gasteiger partial charge in [-0.2, -0.15) is 5.10 Å². The van der Waals surface area contributed by atoms with Crippen molar-refractivity contribution in [2.45, 2.75) is 6.92 Å². The largest absolute Gasteiger partial charge is 0.493 e. The second-order valence-corrected chi connectivity index (χ2v) is 5.57. The third-order valence-corrected chi connectivity index (χ3v) is 3.69. The Kier molecular flexibility index (Phi) is 5.84. The van der Waals surface area contributed by atoms with Gasteiger partial charge in [-0.05, 0) is 42.8 Å². The van der Waals surface area contributed by atoms with E-state index in [-0.39, 0.29) is 12.5 Å². The Morgan fingerprint density at radius 3 is 2.85 bits per heavy atom. The Hall–Kier alpha value is -3.61. The van der Waals surface area contributed by atoms with E-state index in [0.29, 0.717) is 23.0 Å². The first-order valence-corrected chi connectivity index (χ1v) is 8.39. The van der Waals surface area contributed by atoms with E-state index in [0.717, 1.165) is 5.56 Å². The number of benzene rings is 1. The van der Waals surface area contributed by atoms with Crippen molar-refractivity contribution in [2.24, 2.45) is 0 Å². The number of hydrogen-bond donors (Lipinski definition) is 1. The number of nitrogens with one attached hydrogen (secondary N) is 1. The van der Waals surface area contributed by atoms with Crippen LogP contribution in [0.4, 0.5) is 5.69 Å². The first-order valence-electron chi connectivity index (χ1n) is 8.39. The van der Waals surface area contributed by atoms with E-state index in [1.54, 1.807) is 54.6 Å². The van der Waals surface area contributed by atoms with Gasteiger partial charge in [0.1, 0.15) is 0 Å². The predicted octanol–water partition coefficient (Wildman–Crippen LogP) is 3.33. The van der Waals surface area contributed by atoms with E-state index in [2.05, 4.69) is 15.4 Å². The predicted molar refractivity (Wildman–Crippen MR) is 103 cm³/mol. The van der Waals surface area contributed by atoms with Crippen LogP contribution in [0.2, 0.25) is 0 Å². The first kappa shape index (κ1) is 18.2. The Balaban J connectivity index is 1.68. The molecule has 0 aliphatic rings. The van der Waals surface area contributed by atoms with E-state index in [4.69, 9.17) is 9.47 Å². The molecule has 0 spiro atoms. The minimum absolute atomic E-state index is 0.160. The molecule has 0 aliphatic carbocycles. The van der Waals surface area contributed by atoms with Crippen LogP contribution in [-0.4, -0.2) is 34.4 Å². The van der Waals surface area contributed by atoms with E-state index in [1.807, 2.05) is 31.2 Å². The molecule has 0 saturated carbocycles. The molecule has 0 saturated heterocycles. The van der Waals surface area contributed by atoms with Crippen LogP contribution in [0.1, 0.15) is 12.5 Å². The van der Waals surface area contributed by atoms with Gasteiger partial charge in [-0.1, -0.05) is 18.2 Å². The highest BCUT2D eigenvalue weighted by atomic mass is 16.5. The molecule has 0 aliphatic heterocycles. The van der Waals surface area contributed by atoms with Crippen molar-refractivity contribution in [1.82, 2.24) is 14.8 Å². The van der Waals surface area contributed by atoms with Crippen LogP contribution < -0.4 is 14.8 Å². The van der Waals surface area contributed by atoms with Crippen LogP contribution in [0, 0.1) is 0 Å². The molecule has 3 rings (SSSR count). The molecule has 1 N–H and O–H groups in total. The SMILES string of the molecule is C/C=C/c1ccc(OCC(=O)Nc2cccnc2-n2cccn2)c(OC)c1. The number of allylic oxidation sites excluding steroid dienone is 1. The van der Waals surface area contributed by atoms with Gasteiger partial charge in [-0.3, -0.25) is 4.79 Å². The summed E-state index contributed by atoms with van der Waals surface area (Å²) in [5.74, 6) is 1.29. The molecule has 1 aromatic carbocycles. The molecule has 0 atom stereocenters. The molecule has 3 aromatic rings. The molecule has 1 amide bonds. The summed E-state index contributed by atoms with van der Waals surface area (Å²) >= 11 is 0. The van der Waals surface area contributed by atoms with Crippen molar-refractivity contribution in [3.05, 3.63) is 66.6 Å².